The third-order valence-electron chi connectivity index (χ3n) is 3.93. The topological polar surface area (TPSA) is 66.4 Å². The van der Waals surface area contributed by atoms with Crippen molar-refractivity contribution in [1.82, 2.24) is 0 Å². The predicted octanol–water partition coefficient (Wildman–Crippen LogP) is 4.95. The number of carbonyl (C=O) groups excluding carboxylic acids is 1. The summed E-state index contributed by atoms with van der Waals surface area (Å²) in [6.07, 6.45) is 3.66. The number of anilines is 1. The zero-order chi connectivity index (χ0) is 19.2. The fraction of sp³-hybridized carbons (Fsp3) is 0. The molecule has 4 nitrogen and oxygen atoms in total. The fourth-order valence-corrected chi connectivity index (χ4v) is 2.47. The van der Waals surface area contributed by atoms with Crippen LogP contribution in [0.2, 0.25) is 0 Å². The lowest BCUT2D eigenvalue weighted by Gasteiger charge is -2.08. The highest BCUT2D eigenvalue weighted by molar-refractivity contribution is 6.05. The molecule has 3 aromatic rings. The van der Waals surface area contributed by atoms with Crippen LogP contribution in [-0.4, -0.2) is 17.0 Å². The first-order valence-corrected chi connectivity index (χ1v) is 8.20. The number of para-hydroxylation sites is 1. The zero-order valence-corrected chi connectivity index (χ0v) is 14.2. The molecule has 0 radical (unpaired) electrons. The lowest BCUT2D eigenvalue weighted by Crippen LogP contribution is -2.12. The third kappa shape index (κ3) is 4.67. The standard InChI is InChI=1S/C22H16FNO3/c23-19-13-11-17(12-14-19)21(25)24-20-4-2-1-3-16(20)8-5-15-6-9-18(10-7-15)22(26)27/h1-14H,(H,24,25)(H,26,27). The molecule has 1 amide bonds. The number of carboxylic acids is 1. The van der Waals surface area contributed by atoms with Gasteiger partial charge in [-0.1, -0.05) is 42.5 Å². The van der Waals surface area contributed by atoms with E-state index in [1.165, 1.54) is 36.4 Å². The first-order valence-electron chi connectivity index (χ1n) is 8.20. The third-order valence-corrected chi connectivity index (χ3v) is 3.93. The number of hydrogen-bond acceptors (Lipinski definition) is 2. The number of aromatic carboxylic acids is 1. The van der Waals surface area contributed by atoms with Crippen LogP contribution in [0, 0.1) is 5.82 Å². The van der Waals surface area contributed by atoms with Gasteiger partial charge in [-0.25, -0.2) is 9.18 Å². The molecule has 0 unspecified atom stereocenters. The molecule has 0 fully saturated rings. The van der Waals surface area contributed by atoms with Crippen molar-refractivity contribution in [1.29, 1.82) is 0 Å². The van der Waals surface area contributed by atoms with E-state index in [0.29, 0.717) is 11.3 Å². The van der Waals surface area contributed by atoms with Crippen LogP contribution in [0.5, 0.6) is 0 Å². The molecule has 0 heterocycles. The van der Waals surface area contributed by atoms with Gasteiger partial charge in [-0.2, -0.15) is 0 Å². The number of nitrogens with one attached hydrogen (secondary N) is 1. The van der Waals surface area contributed by atoms with E-state index in [9.17, 15) is 14.0 Å². The summed E-state index contributed by atoms with van der Waals surface area (Å²) in [5.41, 5.74) is 2.82. The summed E-state index contributed by atoms with van der Waals surface area (Å²) in [7, 11) is 0. The minimum atomic E-state index is -0.973. The average molecular weight is 361 g/mol. The number of benzene rings is 3. The van der Waals surface area contributed by atoms with Gasteiger partial charge in [-0.15, -0.1) is 0 Å². The number of hydrogen-bond donors (Lipinski definition) is 2. The molecule has 0 aliphatic rings. The predicted molar refractivity (Wildman–Crippen MR) is 103 cm³/mol. The Morgan fingerprint density at radius 1 is 0.815 bits per heavy atom. The Morgan fingerprint density at radius 2 is 1.44 bits per heavy atom. The summed E-state index contributed by atoms with van der Waals surface area (Å²) in [6, 6.07) is 19.1. The summed E-state index contributed by atoms with van der Waals surface area (Å²) >= 11 is 0. The molecule has 3 aromatic carbocycles. The molecule has 0 aromatic heterocycles. The van der Waals surface area contributed by atoms with Gasteiger partial charge in [0.15, 0.2) is 0 Å². The van der Waals surface area contributed by atoms with E-state index >= 15 is 0 Å². The Morgan fingerprint density at radius 3 is 2.11 bits per heavy atom. The van der Waals surface area contributed by atoms with Gasteiger partial charge in [0, 0.05) is 11.3 Å². The van der Waals surface area contributed by atoms with Gasteiger partial charge < -0.3 is 10.4 Å². The van der Waals surface area contributed by atoms with Crippen molar-refractivity contribution in [2.75, 3.05) is 5.32 Å². The molecule has 0 aliphatic carbocycles. The van der Waals surface area contributed by atoms with Crippen molar-refractivity contribution in [3.05, 3.63) is 101 Å². The minimum Gasteiger partial charge on any atom is -0.478 e. The van der Waals surface area contributed by atoms with Crippen LogP contribution in [0.15, 0.2) is 72.8 Å². The molecule has 0 spiro atoms. The van der Waals surface area contributed by atoms with Gasteiger partial charge in [0.2, 0.25) is 0 Å². The highest BCUT2D eigenvalue weighted by atomic mass is 19.1. The average Bonchev–Trinajstić information content (AvgIpc) is 2.68. The Hall–Kier alpha value is -3.73. The van der Waals surface area contributed by atoms with E-state index in [-0.39, 0.29) is 11.5 Å². The van der Waals surface area contributed by atoms with Crippen LogP contribution in [-0.2, 0) is 0 Å². The van der Waals surface area contributed by atoms with E-state index in [1.807, 2.05) is 24.3 Å². The van der Waals surface area contributed by atoms with Crippen LogP contribution < -0.4 is 5.32 Å². The van der Waals surface area contributed by atoms with Gasteiger partial charge in [0.25, 0.3) is 5.91 Å². The zero-order valence-electron chi connectivity index (χ0n) is 14.2. The first-order chi connectivity index (χ1) is 13.0. The summed E-state index contributed by atoms with van der Waals surface area (Å²) in [5, 5.41) is 11.8. The Balaban J connectivity index is 1.78. The maximum Gasteiger partial charge on any atom is 0.335 e. The van der Waals surface area contributed by atoms with E-state index in [1.54, 1.807) is 24.3 Å². The fourth-order valence-electron chi connectivity index (χ4n) is 2.47. The number of amides is 1. The van der Waals surface area contributed by atoms with Gasteiger partial charge in [-0.3, -0.25) is 4.79 Å². The number of carbonyl (C=O) groups is 2. The van der Waals surface area contributed by atoms with Gasteiger partial charge in [0.05, 0.1) is 5.56 Å². The van der Waals surface area contributed by atoms with E-state index in [4.69, 9.17) is 5.11 Å². The molecule has 3 rings (SSSR count). The monoisotopic (exact) mass is 361 g/mol. The van der Waals surface area contributed by atoms with Crippen molar-refractivity contribution in [2.24, 2.45) is 0 Å². The Labute approximate surface area is 155 Å². The van der Waals surface area contributed by atoms with Gasteiger partial charge in [0.1, 0.15) is 5.82 Å². The lowest BCUT2D eigenvalue weighted by molar-refractivity contribution is 0.0696. The van der Waals surface area contributed by atoms with Crippen LogP contribution in [0.1, 0.15) is 31.8 Å². The highest BCUT2D eigenvalue weighted by Gasteiger charge is 2.08. The molecule has 0 atom stereocenters. The number of carboxylic acid groups (broad SMARTS) is 1. The maximum atomic E-state index is 13.0. The van der Waals surface area contributed by atoms with Crippen LogP contribution in [0.3, 0.4) is 0 Å². The Bertz CT molecular complexity index is 993. The molecular weight excluding hydrogens is 345 g/mol. The highest BCUT2D eigenvalue weighted by Crippen LogP contribution is 2.19. The van der Waals surface area contributed by atoms with Gasteiger partial charge >= 0.3 is 5.97 Å². The molecule has 134 valence electrons. The van der Waals surface area contributed by atoms with E-state index in [0.717, 1.165) is 11.1 Å². The molecule has 0 saturated heterocycles. The molecule has 2 N–H and O–H groups in total. The SMILES string of the molecule is O=C(O)c1ccc(C=Cc2ccccc2NC(=O)c2ccc(F)cc2)cc1. The first kappa shape index (κ1) is 18.1. The molecule has 27 heavy (non-hydrogen) atoms. The minimum absolute atomic E-state index is 0.221. The van der Waals surface area contributed by atoms with Crippen molar-refractivity contribution in [2.45, 2.75) is 0 Å². The van der Waals surface area contributed by atoms with Crippen molar-refractivity contribution in [3.63, 3.8) is 0 Å². The Kier molecular flexibility index (Phi) is 5.42. The van der Waals surface area contributed by atoms with Gasteiger partial charge in [-0.05, 0) is 53.6 Å². The molecule has 0 saturated carbocycles. The molecular formula is C22H16FNO3. The lowest BCUT2D eigenvalue weighted by atomic mass is 10.1. The van der Waals surface area contributed by atoms with E-state index in [2.05, 4.69) is 5.32 Å². The summed E-state index contributed by atoms with van der Waals surface area (Å²) < 4.78 is 13.0. The second-order valence-electron chi connectivity index (χ2n) is 5.81. The quantitative estimate of drug-likeness (QED) is 0.632. The van der Waals surface area contributed by atoms with Crippen LogP contribution in [0.25, 0.3) is 12.2 Å². The largest absolute Gasteiger partial charge is 0.478 e. The van der Waals surface area contributed by atoms with Crippen molar-refractivity contribution < 1.29 is 19.1 Å². The van der Waals surface area contributed by atoms with Crippen molar-refractivity contribution in [3.8, 4) is 0 Å². The van der Waals surface area contributed by atoms with Crippen molar-refractivity contribution >= 4 is 29.7 Å². The second kappa shape index (κ2) is 8.10. The van der Waals surface area contributed by atoms with E-state index < -0.39 is 11.8 Å². The summed E-state index contributed by atoms with van der Waals surface area (Å²) in [4.78, 5) is 23.2. The smallest absolute Gasteiger partial charge is 0.335 e. The second-order valence-corrected chi connectivity index (χ2v) is 5.81. The normalized spacial score (nSPS) is 10.7. The summed E-state index contributed by atoms with van der Waals surface area (Å²) in [5.74, 6) is -1.70. The molecule has 0 bridgehead atoms. The maximum absolute atomic E-state index is 13.0. The molecule has 5 heteroatoms. The number of rotatable bonds is 5. The number of halogens is 1. The molecule has 0 aliphatic heterocycles. The van der Waals surface area contributed by atoms with Crippen LogP contribution >= 0.6 is 0 Å². The summed E-state index contributed by atoms with van der Waals surface area (Å²) in [6.45, 7) is 0. The van der Waals surface area contributed by atoms with Crippen LogP contribution in [0.4, 0.5) is 10.1 Å².